The molecule has 4 nitrogen and oxygen atoms in total. The standard InChI is InChI=1S/C21H17ClFN3OS/c1-26(10-13-6-2-5-9-17(13)23)11-18-24-20(27)19-15(12-28-21(19)25-18)14-7-3-4-8-16(14)22/h2-9,12H,10-11H2,1H3,(H,24,25,27)/p+1. The summed E-state index contributed by atoms with van der Waals surface area (Å²) in [6.45, 7) is 0.989. The van der Waals surface area contributed by atoms with E-state index in [0.29, 0.717) is 39.7 Å². The second-order valence-corrected chi connectivity index (χ2v) is 7.99. The first-order chi connectivity index (χ1) is 13.5. The van der Waals surface area contributed by atoms with E-state index in [1.54, 1.807) is 18.2 Å². The number of rotatable bonds is 5. The number of hydrogen-bond acceptors (Lipinski definition) is 3. The number of benzene rings is 2. The van der Waals surface area contributed by atoms with Crippen LogP contribution >= 0.6 is 22.9 Å². The van der Waals surface area contributed by atoms with Gasteiger partial charge in [0.15, 0.2) is 5.82 Å². The van der Waals surface area contributed by atoms with Crippen LogP contribution < -0.4 is 10.5 Å². The van der Waals surface area contributed by atoms with Crippen molar-refractivity contribution in [3.05, 3.63) is 86.5 Å². The highest BCUT2D eigenvalue weighted by Gasteiger charge is 2.16. The van der Waals surface area contributed by atoms with Crippen LogP contribution in [0.4, 0.5) is 4.39 Å². The average molecular weight is 415 g/mol. The molecule has 28 heavy (non-hydrogen) atoms. The molecule has 0 bridgehead atoms. The van der Waals surface area contributed by atoms with Crippen LogP contribution in [0.15, 0.2) is 58.7 Å². The highest BCUT2D eigenvalue weighted by molar-refractivity contribution is 7.17. The van der Waals surface area contributed by atoms with Crippen LogP contribution in [0, 0.1) is 5.82 Å². The molecule has 0 saturated heterocycles. The lowest BCUT2D eigenvalue weighted by molar-refractivity contribution is -0.908. The molecule has 7 heteroatoms. The Labute approximate surface area is 170 Å². The number of halogens is 2. The molecular formula is C21H18ClFN3OS+. The molecule has 0 aliphatic rings. The third kappa shape index (κ3) is 3.71. The van der Waals surface area contributed by atoms with Gasteiger partial charge in [-0.15, -0.1) is 11.3 Å². The topological polar surface area (TPSA) is 50.2 Å². The Morgan fingerprint density at radius 1 is 1.11 bits per heavy atom. The molecule has 4 aromatic rings. The molecule has 1 atom stereocenters. The van der Waals surface area contributed by atoms with E-state index in [9.17, 15) is 9.18 Å². The fourth-order valence-corrected chi connectivity index (χ4v) is 4.47. The molecule has 2 heterocycles. The lowest BCUT2D eigenvalue weighted by Gasteiger charge is -2.14. The van der Waals surface area contributed by atoms with E-state index in [2.05, 4.69) is 9.97 Å². The summed E-state index contributed by atoms with van der Waals surface area (Å²) in [5.41, 5.74) is 2.06. The maximum atomic E-state index is 13.9. The first-order valence-electron chi connectivity index (χ1n) is 8.83. The molecule has 4 rings (SSSR count). The number of quaternary nitrogens is 1. The lowest BCUT2D eigenvalue weighted by Crippen LogP contribution is -3.06. The molecule has 1 unspecified atom stereocenters. The number of fused-ring (bicyclic) bond motifs is 1. The minimum absolute atomic E-state index is 0.185. The Morgan fingerprint density at radius 2 is 1.86 bits per heavy atom. The zero-order valence-corrected chi connectivity index (χ0v) is 16.7. The number of thiophene rings is 1. The SMILES string of the molecule is C[NH+](Cc1nc2scc(-c3ccccc3Cl)c2c(=O)[nH]1)Cc1ccccc1F. The van der Waals surface area contributed by atoms with Crippen molar-refractivity contribution in [3.63, 3.8) is 0 Å². The van der Waals surface area contributed by atoms with Crippen molar-refractivity contribution < 1.29 is 9.29 Å². The van der Waals surface area contributed by atoms with E-state index in [4.69, 9.17) is 11.6 Å². The van der Waals surface area contributed by atoms with Crippen LogP contribution in [0.25, 0.3) is 21.3 Å². The van der Waals surface area contributed by atoms with Gasteiger partial charge in [-0.2, -0.15) is 0 Å². The molecule has 2 aromatic heterocycles. The number of aromatic amines is 1. The van der Waals surface area contributed by atoms with Crippen molar-refractivity contribution in [2.24, 2.45) is 0 Å². The van der Waals surface area contributed by atoms with Gasteiger partial charge in [-0.05, 0) is 12.1 Å². The van der Waals surface area contributed by atoms with Crippen LogP contribution in [0.2, 0.25) is 5.02 Å². The van der Waals surface area contributed by atoms with E-state index in [1.807, 2.05) is 36.7 Å². The Kier molecular flexibility index (Phi) is 5.26. The first kappa shape index (κ1) is 18.8. The zero-order chi connectivity index (χ0) is 19.7. The van der Waals surface area contributed by atoms with Gasteiger partial charge in [-0.1, -0.05) is 48.0 Å². The number of nitrogens with zero attached hydrogens (tertiary/aromatic N) is 1. The Balaban J connectivity index is 1.63. The van der Waals surface area contributed by atoms with Gasteiger partial charge >= 0.3 is 0 Å². The first-order valence-corrected chi connectivity index (χ1v) is 10.1. The van der Waals surface area contributed by atoms with E-state index < -0.39 is 0 Å². The van der Waals surface area contributed by atoms with E-state index in [0.717, 1.165) is 16.0 Å². The largest absolute Gasteiger partial charge is 0.327 e. The van der Waals surface area contributed by atoms with Crippen LogP contribution in [0.5, 0.6) is 0 Å². The van der Waals surface area contributed by atoms with Gasteiger partial charge in [-0.3, -0.25) is 4.79 Å². The van der Waals surface area contributed by atoms with E-state index in [1.165, 1.54) is 17.4 Å². The summed E-state index contributed by atoms with van der Waals surface area (Å²) in [6, 6.07) is 14.2. The summed E-state index contributed by atoms with van der Waals surface area (Å²) in [5.74, 6) is 0.361. The Bertz CT molecular complexity index is 1200. The summed E-state index contributed by atoms with van der Waals surface area (Å²) >= 11 is 7.72. The van der Waals surface area contributed by atoms with Crippen LogP contribution in [-0.2, 0) is 13.1 Å². The van der Waals surface area contributed by atoms with Gasteiger partial charge in [0, 0.05) is 27.1 Å². The van der Waals surface area contributed by atoms with E-state index >= 15 is 0 Å². The summed E-state index contributed by atoms with van der Waals surface area (Å²) in [5, 5.41) is 3.06. The molecule has 0 saturated carbocycles. The van der Waals surface area contributed by atoms with Crippen molar-refractivity contribution in [2.75, 3.05) is 7.05 Å². The third-order valence-electron chi connectivity index (χ3n) is 4.58. The van der Waals surface area contributed by atoms with Gasteiger partial charge in [0.1, 0.15) is 23.7 Å². The highest BCUT2D eigenvalue weighted by atomic mass is 35.5. The second kappa shape index (κ2) is 7.83. The van der Waals surface area contributed by atoms with Crippen molar-refractivity contribution >= 4 is 33.2 Å². The molecule has 0 amide bonds. The second-order valence-electron chi connectivity index (χ2n) is 6.72. The van der Waals surface area contributed by atoms with E-state index in [-0.39, 0.29) is 11.4 Å². The zero-order valence-electron chi connectivity index (χ0n) is 15.1. The maximum absolute atomic E-state index is 13.9. The van der Waals surface area contributed by atoms with Gasteiger partial charge in [0.05, 0.1) is 12.4 Å². The molecular weight excluding hydrogens is 397 g/mol. The molecule has 2 aromatic carbocycles. The maximum Gasteiger partial charge on any atom is 0.260 e. The molecule has 0 aliphatic heterocycles. The molecule has 0 aliphatic carbocycles. The minimum Gasteiger partial charge on any atom is -0.327 e. The van der Waals surface area contributed by atoms with Crippen LogP contribution in [0.1, 0.15) is 11.4 Å². The van der Waals surface area contributed by atoms with Crippen LogP contribution in [-0.4, -0.2) is 17.0 Å². The van der Waals surface area contributed by atoms with Gasteiger partial charge in [-0.25, -0.2) is 9.37 Å². The quantitative estimate of drug-likeness (QED) is 0.523. The minimum atomic E-state index is -0.221. The Hall–Kier alpha value is -2.54. The highest BCUT2D eigenvalue weighted by Crippen LogP contribution is 2.34. The number of H-pyrrole nitrogens is 1. The Morgan fingerprint density at radius 3 is 2.64 bits per heavy atom. The average Bonchev–Trinajstić information content (AvgIpc) is 3.08. The predicted molar refractivity (Wildman–Crippen MR) is 111 cm³/mol. The number of hydrogen-bond donors (Lipinski definition) is 2. The van der Waals surface area contributed by atoms with Crippen LogP contribution in [0.3, 0.4) is 0 Å². The lowest BCUT2D eigenvalue weighted by atomic mass is 10.1. The fraction of sp³-hybridized carbons (Fsp3) is 0.143. The van der Waals surface area contributed by atoms with Gasteiger partial charge < -0.3 is 9.88 Å². The van der Waals surface area contributed by atoms with Gasteiger partial charge in [0.2, 0.25) is 0 Å². The summed E-state index contributed by atoms with van der Waals surface area (Å²) in [7, 11) is 1.94. The normalized spacial score (nSPS) is 12.4. The smallest absolute Gasteiger partial charge is 0.260 e. The summed E-state index contributed by atoms with van der Waals surface area (Å²) < 4.78 is 13.9. The van der Waals surface area contributed by atoms with Crippen molar-refractivity contribution in [2.45, 2.75) is 13.1 Å². The number of aromatic nitrogens is 2. The third-order valence-corrected chi connectivity index (χ3v) is 5.78. The fourth-order valence-electron chi connectivity index (χ4n) is 3.27. The predicted octanol–water partition coefficient (Wildman–Crippen LogP) is 3.66. The van der Waals surface area contributed by atoms with Crippen molar-refractivity contribution in [3.8, 4) is 11.1 Å². The van der Waals surface area contributed by atoms with Crippen molar-refractivity contribution in [1.82, 2.24) is 9.97 Å². The molecule has 142 valence electrons. The summed E-state index contributed by atoms with van der Waals surface area (Å²) in [6.07, 6.45) is 0. The molecule has 0 spiro atoms. The molecule has 0 fully saturated rings. The molecule has 2 N–H and O–H groups in total. The monoisotopic (exact) mass is 414 g/mol. The van der Waals surface area contributed by atoms with Crippen molar-refractivity contribution in [1.29, 1.82) is 0 Å². The summed E-state index contributed by atoms with van der Waals surface area (Å²) in [4.78, 5) is 22.0. The number of nitrogens with one attached hydrogen (secondary N) is 2. The molecule has 0 radical (unpaired) electrons. The van der Waals surface area contributed by atoms with Gasteiger partial charge in [0.25, 0.3) is 5.56 Å².